The average Bonchev–Trinajstić information content (AvgIpc) is 2.63. The van der Waals surface area contributed by atoms with E-state index in [1.54, 1.807) is 12.1 Å². The topological polar surface area (TPSA) is 49.6 Å². The van der Waals surface area contributed by atoms with Gasteiger partial charge in [-0.1, -0.05) is 36.4 Å². The molecule has 1 aliphatic rings. The highest BCUT2D eigenvalue weighted by atomic mass is 16.2. The van der Waals surface area contributed by atoms with E-state index >= 15 is 0 Å². The maximum atomic E-state index is 12.7. The quantitative estimate of drug-likeness (QED) is 0.870. The Labute approximate surface area is 150 Å². The summed E-state index contributed by atoms with van der Waals surface area (Å²) >= 11 is 0. The SMILES string of the molecule is CC1CC(N(C)C(=O)c2cccc(N)c2)CCN1Cc1ccccc1. The summed E-state index contributed by atoms with van der Waals surface area (Å²) in [5, 5.41) is 0. The van der Waals surface area contributed by atoms with Gasteiger partial charge in [-0.25, -0.2) is 0 Å². The summed E-state index contributed by atoms with van der Waals surface area (Å²) in [5.41, 5.74) is 8.45. The van der Waals surface area contributed by atoms with Crippen LogP contribution >= 0.6 is 0 Å². The third kappa shape index (κ3) is 4.20. The molecule has 1 heterocycles. The molecule has 2 aromatic carbocycles. The molecule has 2 N–H and O–H groups in total. The van der Waals surface area contributed by atoms with Gasteiger partial charge in [-0.15, -0.1) is 0 Å². The van der Waals surface area contributed by atoms with E-state index < -0.39 is 0 Å². The van der Waals surface area contributed by atoms with Crippen LogP contribution in [0.5, 0.6) is 0 Å². The lowest BCUT2D eigenvalue weighted by atomic mass is 9.96. The van der Waals surface area contributed by atoms with E-state index in [1.165, 1.54) is 5.56 Å². The number of carbonyl (C=O) groups excluding carboxylic acids is 1. The van der Waals surface area contributed by atoms with Crippen molar-refractivity contribution in [3.05, 3.63) is 65.7 Å². The second-order valence-electron chi connectivity index (χ2n) is 7.02. The van der Waals surface area contributed by atoms with E-state index in [0.29, 0.717) is 17.3 Å². The zero-order valence-corrected chi connectivity index (χ0v) is 15.1. The fourth-order valence-corrected chi connectivity index (χ4v) is 3.64. The van der Waals surface area contributed by atoms with Gasteiger partial charge in [-0.3, -0.25) is 9.69 Å². The summed E-state index contributed by atoms with van der Waals surface area (Å²) in [6.07, 6.45) is 2.00. The fourth-order valence-electron chi connectivity index (χ4n) is 3.64. The van der Waals surface area contributed by atoms with E-state index in [-0.39, 0.29) is 11.9 Å². The second-order valence-corrected chi connectivity index (χ2v) is 7.02. The van der Waals surface area contributed by atoms with E-state index in [1.807, 2.05) is 24.1 Å². The van der Waals surface area contributed by atoms with Gasteiger partial charge in [0, 0.05) is 43.5 Å². The molecule has 2 aromatic rings. The van der Waals surface area contributed by atoms with E-state index in [0.717, 1.165) is 25.9 Å². The first kappa shape index (κ1) is 17.5. The van der Waals surface area contributed by atoms with E-state index in [9.17, 15) is 4.79 Å². The van der Waals surface area contributed by atoms with Gasteiger partial charge in [0.2, 0.25) is 0 Å². The molecule has 0 spiro atoms. The van der Waals surface area contributed by atoms with Crippen LogP contribution in [0.4, 0.5) is 5.69 Å². The van der Waals surface area contributed by atoms with Crippen LogP contribution in [0.3, 0.4) is 0 Å². The molecular formula is C21H27N3O. The van der Waals surface area contributed by atoms with Crippen molar-refractivity contribution in [2.24, 2.45) is 0 Å². The zero-order valence-electron chi connectivity index (χ0n) is 15.1. The summed E-state index contributed by atoms with van der Waals surface area (Å²) in [5.74, 6) is 0.0565. The van der Waals surface area contributed by atoms with Crippen LogP contribution < -0.4 is 5.73 Å². The van der Waals surface area contributed by atoms with Crippen LogP contribution in [0, 0.1) is 0 Å². The van der Waals surface area contributed by atoms with Gasteiger partial charge < -0.3 is 10.6 Å². The number of nitrogens with zero attached hydrogens (tertiary/aromatic N) is 2. The smallest absolute Gasteiger partial charge is 0.253 e. The lowest BCUT2D eigenvalue weighted by Crippen LogP contribution is -2.49. The number of nitrogen functional groups attached to an aromatic ring is 1. The molecule has 0 aromatic heterocycles. The minimum Gasteiger partial charge on any atom is -0.399 e. The number of hydrogen-bond acceptors (Lipinski definition) is 3. The Morgan fingerprint density at radius 1 is 1.20 bits per heavy atom. The maximum absolute atomic E-state index is 12.7. The summed E-state index contributed by atoms with van der Waals surface area (Å²) < 4.78 is 0. The number of carbonyl (C=O) groups is 1. The van der Waals surface area contributed by atoms with Crippen LogP contribution in [0.2, 0.25) is 0 Å². The van der Waals surface area contributed by atoms with Crippen molar-refractivity contribution >= 4 is 11.6 Å². The average molecular weight is 337 g/mol. The number of likely N-dealkylation sites (tertiary alicyclic amines) is 1. The van der Waals surface area contributed by atoms with Crippen molar-refractivity contribution in [1.29, 1.82) is 0 Å². The molecular weight excluding hydrogens is 310 g/mol. The molecule has 1 aliphatic heterocycles. The van der Waals surface area contributed by atoms with Crippen LogP contribution in [-0.4, -0.2) is 41.4 Å². The lowest BCUT2D eigenvalue weighted by Gasteiger charge is -2.41. The molecule has 0 saturated carbocycles. The standard InChI is InChI=1S/C21H27N3O/c1-16-13-20(11-12-24(16)15-17-7-4-3-5-8-17)23(2)21(25)18-9-6-10-19(22)14-18/h3-10,14,16,20H,11-13,15,22H2,1-2H3. The van der Waals surface area contributed by atoms with Gasteiger partial charge in [-0.05, 0) is 43.5 Å². The highest BCUT2D eigenvalue weighted by molar-refractivity contribution is 5.95. The number of rotatable bonds is 4. The molecule has 0 aliphatic carbocycles. The summed E-state index contributed by atoms with van der Waals surface area (Å²) in [6.45, 7) is 4.24. The largest absolute Gasteiger partial charge is 0.399 e. The highest BCUT2D eigenvalue weighted by Crippen LogP contribution is 2.24. The predicted molar refractivity (Wildman–Crippen MR) is 102 cm³/mol. The minimum atomic E-state index is 0.0565. The Hall–Kier alpha value is -2.33. The normalized spacial score (nSPS) is 21.0. The van der Waals surface area contributed by atoms with Crippen LogP contribution in [0.15, 0.2) is 54.6 Å². The molecule has 0 bridgehead atoms. The third-order valence-corrected chi connectivity index (χ3v) is 5.22. The van der Waals surface area contributed by atoms with Crippen molar-refractivity contribution in [3.8, 4) is 0 Å². The van der Waals surface area contributed by atoms with Gasteiger partial charge in [0.15, 0.2) is 0 Å². The molecule has 1 fully saturated rings. The van der Waals surface area contributed by atoms with Crippen molar-refractivity contribution in [2.45, 2.75) is 38.4 Å². The zero-order chi connectivity index (χ0) is 17.8. The Balaban J connectivity index is 1.61. The number of piperidine rings is 1. The van der Waals surface area contributed by atoms with Crippen molar-refractivity contribution in [2.75, 3.05) is 19.3 Å². The van der Waals surface area contributed by atoms with Gasteiger partial charge in [-0.2, -0.15) is 0 Å². The lowest BCUT2D eigenvalue weighted by molar-refractivity contribution is 0.0538. The molecule has 3 rings (SSSR count). The van der Waals surface area contributed by atoms with Gasteiger partial charge in [0.1, 0.15) is 0 Å². The van der Waals surface area contributed by atoms with Crippen molar-refractivity contribution in [3.63, 3.8) is 0 Å². The molecule has 4 nitrogen and oxygen atoms in total. The monoisotopic (exact) mass is 337 g/mol. The number of nitrogens with two attached hydrogens (primary N) is 1. The summed E-state index contributed by atoms with van der Waals surface area (Å²) in [4.78, 5) is 17.1. The van der Waals surface area contributed by atoms with Gasteiger partial charge in [0.25, 0.3) is 5.91 Å². The predicted octanol–water partition coefficient (Wildman–Crippen LogP) is 3.39. The molecule has 2 atom stereocenters. The molecule has 132 valence electrons. The molecule has 25 heavy (non-hydrogen) atoms. The fraction of sp³-hybridized carbons (Fsp3) is 0.381. The molecule has 4 heteroatoms. The van der Waals surface area contributed by atoms with E-state index in [2.05, 4.69) is 42.2 Å². The summed E-state index contributed by atoms with van der Waals surface area (Å²) in [7, 11) is 1.91. The number of hydrogen-bond donors (Lipinski definition) is 1. The van der Waals surface area contributed by atoms with Gasteiger partial charge in [0.05, 0.1) is 0 Å². The number of amides is 1. The maximum Gasteiger partial charge on any atom is 0.253 e. The first-order chi connectivity index (χ1) is 12.0. The Morgan fingerprint density at radius 3 is 2.64 bits per heavy atom. The molecule has 1 amide bonds. The van der Waals surface area contributed by atoms with Crippen molar-refractivity contribution < 1.29 is 4.79 Å². The minimum absolute atomic E-state index is 0.0565. The third-order valence-electron chi connectivity index (χ3n) is 5.22. The Kier molecular flexibility index (Phi) is 5.39. The van der Waals surface area contributed by atoms with Crippen LogP contribution in [-0.2, 0) is 6.54 Å². The number of anilines is 1. The van der Waals surface area contributed by atoms with Gasteiger partial charge >= 0.3 is 0 Å². The second kappa shape index (κ2) is 7.70. The number of benzene rings is 2. The highest BCUT2D eigenvalue weighted by Gasteiger charge is 2.30. The Morgan fingerprint density at radius 2 is 1.96 bits per heavy atom. The van der Waals surface area contributed by atoms with Crippen LogP contribution in [0.25, 0.3) is 0 Å². The molecule has 2 unspecified atom stereocenters. The van der Waals surface area contributed by atoms with Crippen molar-refractivity contribution in [1.82, 2.24) is 9.80 Å². The van der Waals surface area contributed by atoms with E-state index in [4.69, 9.17) is 5.73 Å². The Bertz CT molecular complexity index is 716. The molecule has 0 radical (unpaired) electrons. The first-order valence-electron chi connectivity index (χ1n) is 8.95. The first-order valence-corrected chi connectivity index (χ1v) is 8.95. The molecule has 1 saturated heterocycles. The van der Waals surface area contributed by atoms with Crippen LogP contribution in [0.1, 0.15) is 35.7 Å². The summed E-state index contributed by atoms with van der Waals surface area (Å²) in [6, 6.07) is 18.5.